The smallest absolute Gasteiger partial charge is 0.0375 e. The monoisotopic (exact) mass is 221 g/mol. The van der Waals surface area contributed by atoms with Crippen molar-refractivity contribution >= 4 is 11.3 Å². The van der Waals surface area contributed by atoms with Gasteiger partial charge in [0.2, 0.25) is 0 Å². The van der Waals surface area contributed by atoms with E-state index < -0.39 is 0 Å². The van der Waals surface area contributed by atoms with Gasteiger partial charge in [0, 0.05) is 10.6 Å². The summed E-state index contributed by atoms with van der Waals surface area (Å²) in [5.74, 6) is 0. The SMILES string of the molecule is C=C(c1ccccc1)c1ccc(N=[N+]=[N-])cc1. The highest BCUT2D eigenvalue weighted by molar-refractivity contribution is 5.78. The average molecular weight is 221 g/mol. The third kappa shape index (κ3) is 2.54. The Labute approximate surface area is 99.7 Å². The van der Waals surface area contributed by atoms with Gasteiger partial charge in [-0.1, -0.05) is 66.3 Å². The molecule has 17 heavy (non-hydrogen) atoms. The Hall–Kier alpha value is -2.51. The van der Waals surface area contributed by atoms with Crippen LogP contribution in [0.25, 0.3) is 16.0 Å². The first-order chi connectivity index (χ1) is 8.31. The van der Waals surface area contributed by atoms with Gasteiger partial charge in [-0.05, 0) is 22.2 Å². The van der Waals surface area contributed by atoms with Crippen LogP contribution >= 0.6 is 0 Å². The molecule has 0 aliphatic heterocycles. The van der Waals surface area contributed by atoms with E-state index in [0.29, 0.717) is 5.69 Å². The summed E-state index contributed by atoms with van der Waals surface area (Å²) in [6, 6.07) is 17.3. The van der Waals surface area contributed by atoms with Gasteiger partial charge in [0.15, 0.2) is 0 Å². The van der Waals surface area contributed by atoms with E-state index in [0.717, 1.165) is 16.7 Å². The minimum atomic E-state index is 0.608. The summed E-state index contributed by atoms with van der Waals surface area (Å²) in [6.45, 7) is 4.07. The van der Waals surface area contributed by atoms with Crippen LogP contribution in [-0.2, 0) is 0 Å². The Morgan fingerprint density at radius 1 is 0.941 bits per heavy atom. The standard InChI is InChI=1S/C14H11N3/c1-11(12-5-3-2-4-6-12)13-7-9-14(10-8-13)16-17-15/h2-10H,1H2. The maximum Gasteiger partial charge on any atom is 0.0375 e. The Morgan fingerprint density at radius 3 is 2.12 bits per heavy atom. The number of hydrogen-bond acceptors (Lipinski definition) is 1. The van der Waals surface area contributed by atoms with Crippen molar-refractivity contribution in [1.29, 1.82) is 0 Å². The second-order valence-corrected chi connectivity index (χ2v) is 3.58. The number of rotatable bonds is 3. The van der Waals surface area contributed by atoms with Crippen LogP contribution in [0.3, 0.4) is 0 Å². The van der Waals surface area contributed by atoms with E-state index in [4.69, 9.17) is 5.53 Å². The zero-order chi connectivity index (χ0) is 12.1. The molecule has 82 valence electrons. The third-order valence-corrected chi connectivity index (χ3v) is 2.50. The third-order valence-electron chi connectivity index (χ3n) is 2.50. The fourth-order valence-corrected chi connectivity index (χ4v) is 1.59. The number of benzene rings is 2. The number of azide groups is 1. The van der Waals surface area contributed by atoms with E-state index in [1.54, 1.807) is 12.1 Å². The first-order valence-electron chi connectivity index (χ1n) is 5.21. The zero-order valence-corrected chi connectivity index (χ0v) is 9.24. The molecule has 0 radical (unpaired) electrons. The first-order valence-corrected chi connectivity index (χ1v) is 5.21. The number of nitrogens with zero attached hydrogens (tertiary/aromatic N) is 3. The highest BCUT2D eigenvalue weighted by Gasteiger charge is 2.01. The molecule has 0 atom stereocenters. The summed E-state index contributed by atoms with van der Waals surface area (Å²) in [5.41, 5.74) is 12.0. The van der Waals surface area contributed by atoms with Gasteiger partial charge >= 0.3 is 0 Å². The summed E-state index contributed by atoms with van der Waals surface area (Å²) < 4.78 is 0. The van der Waals surface area contributed by atoms with E-state index >= 15 is 0 Å². The highest BCUT2D eigenvalue weighted by Crippen LogP contribution is 2.23. The maximum absolute atomic E-state index is 8.32. The quantitative estimate of drug-likeness (QED) is 0.410. The zero-order valence-electron chi connectivity index (χ0n) is 9.24. The fraction of sp³-hybridized carbons (Fsp3) is 0. The average Bonchev–Trinajstić information content (AvgIpc) is 2.40. The van der Waals surface area contributed by atoms with Gasteiger partial charge in [-0.3, -0.25) is 0 Å². The van der Waals surface area contributed by atoms with E-state index in [1.165, 1.54) is 0 Å². The molecule has 2 aromatic rings. The van der Waals surface area contributed by atoms with Crippen LogP contribution in [0.15, 0.2) is 66.3 Å². The molecule has 3 nitrogen and oxygen atoms in total. The predicted octanol–water partition coefficient (Wildman–Crippen LogP) is 4.69. The van der Waals surface area contributed by atoms with Crippen LogP contribution in [0.1, 0.15) is 11.1 Å². The summed E-state index contributed by atoms with van der Waals surface area (Å²) in [4.78, 5) is 2.74. The lowest BCUT2D eigenvalue weighted by Gasteiger charge is -2.06. The fourth-order valence-electron chi connectivity index (χ4n) is 1.59. The molecule has 0 amide bonds. The van der Waals surface area contributed by atoms with Gasteiger partial charge in [0.1, 0.15) is 0 Å². The van der Waals surface area contributed by atoms with E-state index in [2.05, 4.69) is 16.6 Å². The first kappa shape index (κ1) is 11.0. The van der Waals surface area contributed by atoms with Crippen molar-refractivity contribution in [2.24, 2.45) is 5.11 Å². The van der Waals surface area contributed by atoms with E-state index in [9.17, 15) is 0 Å². The molecule has 0 spiro atoms. The van der Waals surface area contributed by atoms with Crippen LogP contribution in [0.2, 0.25) is 0 Å². The maximum atomic E-state index is 8.32. The van der Waals surface area contributed by atoms with Crippen LogP contribution in [-0.4, -0.2) is 0 Å². The largest absolute Gasteiger partial charge is 0.0906 e. The van der Waals surface area contributed by atoms with Crippen LogP contribution in [0, 0.1) is 0 Å². The van der Waals surface area contributed by atoms with Crippen molar-refractivity contribution in [2.75, 3.05) is 0 Å². The molecule has 0 saturated heterocycles. The summed E-state index contributed by atoms with van der Waals surface area (Å²) in [5, 5.41) is 3.53. The van der Waals surface area contributed by atoms with Gasteiger partial charge in [-0.15, -0.1) is 0 Å². The highest BCUT2D eigenvalue weighted by atomic mass is 15.1. The molecule has 0 unspecified atom stereocenters. The van der Waals surface area contributed by atoms with E-state index in [-0.39, 0.29) is 0 Å². The van der Waals surface area contributed by atoms with Crippen LogP contribution in [0.4, 0.5) is 5.69 Å². The normalized spacial score (nSPS) is 9.41. The van der Waals surface area contributed by atoms with Crippen molar-refractivity contribution in [3.05, 3.63) is 82.7 Å². The van der Waals surface area contributed by atoms with Crippen molar-refractivity contribution in [3.8, 4) is 0 Å². The van der Waals surface area contributed by atoms with Gasteiger partial charge in [0.25, 0.3) is 0 Å². The van der Waals surface area contributed by atoms with E-state index in [1.807, 2.05) is 42.5 Å². The lowest BCUT2D eigenvalue weighted by Crippen LogP contribution is -1.84. The Bertz CT molecular complexity index is 564. The second kappa shape index (κ2) is 5.01. The molecule has 0 saturated carbocycles. The minimum Gasteiger partial charge on any atom is -0.0906 e. The molecular formula is C14H11N3. The molecule has 0 N–H and O–H groups in total. The van der Waals surface area contributed by atoms with Crippen molar-refractivity contribution in [2.45, 2.75) is 0 Å². The molecular weight excluding hydrogens is 210 g/mol. The summed E-state index contributed by atoms with van der Waals surface area (Å²) in [7, 11) is 0. The lowest BCUT2D eigenvalue weighted by molar-refractivity contribution is 1.46. The molecule has 0 aliphatic carbocycles. The Balaban J connectivity index is 2.29. The van der Waals surface area contributed by atoms with Crippen LogP contribution in [0.5, 0.6) is 0 Å². The van der Waals surface area contributed by atoms with Crippen LogP contribution < -0.4 is 0 Å². The van der Waals surface area contributed by atoms with Gasteiger partial charge < -0.3 is 0 Å². The minimum absolute atomic E-state index is 0.608. The van der Waals surface area contributed by atoms with Gasteiger partial charge in [0.05, 0.1) is 0 Å². The van der Waals surface area contributed by atoms with Gasteiger partial charge in [-0.25, -0.2) is 0 Å². The molecule has 3 heteroatoms. The topological polar surface area (TPSA) is 48.8 Å². The molecule has 2 rings (SSSR count). The molecule has 0 fully saturated rings. The predicted molar refractivity (Wildman–Crippen MR) is 69.8 cm³/mol. The van der Waals surface area contributed by atoms with Gasteiger partial charge in [-0.2, -0.15) is 0 Å². The Morgan fingerprint density at radius 2 is 1.53 bits per heavy atom. The molecule has 0 heterocycles. The van der Waals surface area contributed by atoms with Crippen molar-refractivity contribution < 1.29 is 0 Å². The second-order valence-electron chi connectivity index (χ2n) is 3.58. The van der Waals surface area contributed by atoms with Crippen molar-refractivity contribution in [3.63, 3.8) is 0 Å². The summed E-state index contributed by atoms with van der Waals surface area (Å²) >= 11 is 0. The number of hydrogen-bond donors (Lipinski definition) is 0. The molecule has 0 bridgehead atoms. The van der Waals surface area contributed by atoms with Crippen molar-refractivity contribution in [1.82, 2.24) is 0 Å². The Kier molecular flexibility index (Phi) is 3.24. The summed E-state index contributed by atoms with van der Waals surface area (Å²) in [6.07, 6.45) is 0. The molecule has 2 aromatic carbocycles. The molecule has 0 aliphatic rings. The molecule has 0 aromatic heterocycles. The lowest BCUT2D eigenvalue weighted by atomic mass is 10.00.